The molecule has 0 unspecified atom stereocenters. The molecule has 0 aromatic carbocycles. The predicted octanol–water partition coefficient (Wildman–Crippen LogP) is 3.27. The highest BCUT2D eigenvalue weighted by atomic mass is 35.5. The van der Waals surface area contributed by atoms with Gasteiger partial charge in [-0.15, -0.1) is 0 Å². The average molecular weight is 242 g/mol. The Morgan fingerprint density at radius 2 is 2.27 bits per heavy atom. The van der Waals surface area contributed by atoms with Crippen LogP contribution in [0.1, 0.15) is 30.6 Å². The van der Waals surface area contributed by atoms with Gasteiger partial charge >= 0.3 is 0 Å². The average Bonchev–Trinajstić information content (AvgIpc) is 2.83. The molecule has 0 spiro atoms. The van der Waals surface area contributed by atoms with Crippen LogP contribution in [0.25, 0.3) is 0 Å². The largest absolute Gasteiger partial charge is 0.361 e. The Morgan fingerprint density at radius 3 is 2.87 bits per heavy atom. The third-order valence-electron chi connectivity index (χ3n) is 2.70. The van der Waals surface area contributed by atoms with E-state index < -0.39 is 0 Å². The number of nitriles is 1. The van der Waals surface area contributed by atoms with E-state index in [9.17, 15) is 0 Å². The minimum atomic E-state index is 0.316. The van der Waals surface area contributed by atoms with Crippen LogP contribution in [0.2, 0.25) is 5.15 Å². The molecule has 3 nitrogen and oxygen atoms in total. The van der Waals surface area contributed by atoms with Crippen LogP contribution in [-0.4, -0.2) is 11.5 Å². The maximum atomic E-state index is 8.72. The number of hydrogen-bond acceptors (Lipinski definition) is 4. The normalized spacial score (nSPS) is 16.5. The molecule has 0 aliphatic heterocycles. The lowest BCUT2D eigenvalue weighted by atomic mass is 10.1. The fraction of sp³-hybridized carbons (Fsp3) is 0.600. The van der Waals surface area contributed by atoms with Gasteiger partial charge in [-0.2, -0.15) is 5.26 Å². The van der Waals surface area contributed by atoms with Crippen LogP contribution in [0.4, 0.5) is 5.13 Å². The molecule has 1 heterocycles. The van der Waals surface area contributed by atoms with Crippen LogP contribution in [0.3, 0.4) is 0 Å². The Morgan fingerprint density at radius 1 is 1.53 bits per heavy atom. The number of hydrogen-bond donors (Lipinski definition) is 1. The van der Waals surface area contributed by atoms with Crippen molar-refractivity contribution >= 4 is 28.1 Å². The predicted molar refractivity (Wildman–Crippen MR) is 62.3 cm³/mol. The van der Waals surface area contributed by atoms with Crippen LogP contribution >= 0.6 is 22.9 Å². The summed E-state index contributed by atoms with van der Waals surface area (Å²) in [7, 11) is 0. The van der Waals surface area contributed by atoms with E-state index in [1.165, 1.54) is 37.0 Å². The molecule has 1 fully saturated rings. The molecule has 1 aromatic heterocycles. The van der Waals surface area contributed by atoms with E-state index in [-0.39, 0.29) is 0 Å². The topological polar surface area (TPSA) is 48.7 Å². The van der Waals surface area contributed by atoms with Gasteiger partial charge in [0, 0.05) is 6.54 Å². The van der Waals surface area contributed by atoms with E-state index in [1.807, 2.05) is 6.07 Å². The van der Waals surface area contributed by atoms with Gasteiger partial charge in [-0.05, 0) is 18.8 Å². The van der Waals surface area contributed by atoms with Gasteiger partial charge in [0.05, 0.1) is 0 Å². The molecule has 5 heteroatoms. The monoisotopic (exact) mass is 241 g/mol. The molecule has 0 radical (unpaired) electrons. The lowest BCUT2D eigenvalue weighted by Crippen LogP contribution is -2.10. The van der Waals surface area contributed by atoms with Crippen LogP contribution in [-0.2, 0) is 0 Å². The number of nitrogens with zero attached hydrogens (tertiary/aromatic N) is 2. The van der Waals surface area contributed by atoms with Gasteiger partial charge in [-0.1, -0.05) is 35.8 Å². The molecule has 1 aromatic rings. The van der Waals surface area contributed by atoms with Gasteiger partial charge in [-0.3, -0.25) is 0 Å². The maximum Gasteiger partial charge on any atom is 0.185 e. The summed E-state index contributed by atoms with van der Waals surface area (Å²) >= 11 is 7.10. The molecule has 80 valence electrons. The van der Waals surface area contributed by atoms with Crippen molar-refractivity contribution < 1.29 is 0 Å². The zero-order chi connectivity index (χ0) is 10.7. The van der Waals surface area contributed by atoms with Crippen LogP contribution < -0.4 is 5.32 Å². The van der Waals surface area contributed by atoms with Gasteiger partial charge in [0.25, 0.3) is 0 Å². The third-order valence-corrected chi connectivity index (χ3v) is 4.01. The summed E-state index contributed by atoms with van der Waals surface area (Å²) in [6.45, 7) is 0.953. The summed E-state index contributed by atoms with van der Waals surface area (Å²) in [5, 5.41) is 13.1. The standard InChI is InChI=1S/C10H12ClN3S/c11-9-8(5-12)15-10(14-9)13-6-7-3-1-2-4-7/h7H,1-4,6H2,(H,13,14). The molecule has 1 aliphatic rings. The summed E-state index contributed by atoms with van der Waals surface area (Å²) in [6.07, 6.45) is 5.29. The smallest absolute Gasteiger partial charge is 0.185 e. The van der Waals surface area contributed by atoms with Gasteiger partial charge in [0.15, 0.2) is 10.3 Å². The molecule has 1 N–H and O–H groups in total. The first-order valence-electron chi connectivity index (χ1n) is 5.10. The van der Waals surface area contributed by atoms with Crippen molar-refractivity contribution in [1.82, 2.24) is 4.98 Å². The van der Waals surface area contributed by atoms with Crippen molar-refractivity contribution in [1.29, 1.82) is 5.26 Å². The fourth-order valence-corrected chi connectivity index (χ4v) is 2.85. The van der Waals surface area contributed by atoms with E-state index >= 15 is 0 Å². The second-order valence-corrected chi connectivity index (χ2v) is 5.14. The Labute approximate surface area is 98.1 Å². The molecule has 2 rings (SSSR count). The lowest BCUT2D eigenvalue weighted by Gasteiger charge is -2.08. The minimum absolute atomic E-state index is 0.316. The van der Waals surface area contributed by atoms with Crippen molar-refractivity contribution in [2.24, 2.45) is 5.92 Å². The second-order valence-electron chi connectivity index (χ2n) is 3.78. The molecule has 0 amide bonds. The molecule has 0 saturated heterocycles. The Kier molecular flexibility index (Phi) is 3.45. The van der Waals surface area contributed by atoms with Gasteiger partial charge in [0.2, 0.25) is 0 Å². The summed E-state index contributed by atoms with van der Waals surface area (Å²) < 4.78 is 0. The lowest BCUT2D eigenvalue weighted by molar-refractivity contribution is 0.579. The van der Waals surface area contributed by atoms with Crippen molar-refractivity contribution in [3.63, 3.8) is 0 Å². The van der Waals surface area contributed by atoms with E-state index in [4.69, 9.17) is 16.9 Å². The Bertz CT molecular complexity index is 377. The fourth-order valence-electron chi connectivity index (χ4n) is 1.89. The maximum absolute atomic E-state index is 8.72. The minimum Gasteiger partial charge on any atom is -0.361 e. The highest BCUT2D eigenvalue weighted by molar-refractivity contribution is 7.16. The summed E-state index contributed by atoms with van der Waals surface area (Å²) in [5.74, 6) is 0.762. The van der Waals surface area contributed by atoms with Crippen molar-refractivity contribution in [3.8, 4) is 6.07 Å². The number of rotatable bonds is 3. The van der Waals surface area contributed by atoms with Crippen molar-refractivity contribution in [2.45, 2.75) is 25.7 Å². The highest BCUT2D eigenvalue weighted by Gasteiger charge is 2.15. The highest BCUT2D eigenvalue weighted by Crippen LogP contribution is 2.28. The zero-order valence-corrected chi connectivity index (χ0v) is 9.87. The van der Waals surface area contributed by atoms with Gasteiger partial charge in [0.1, 0.15) is 10.9 Å². The summed E-state index contributed by atoms with van der Waals surface area (Å²) in [4.78, 5) is 4.58. The SMILES string of the molecule is N#Cc1sc(NCC2CCCC2)nc1Cl. The third kappa shape index (κ3) is 2.61. The zero-order valence-electron chi connectivity index (χ0n) is 8.29. The van der Waals surface area contributed by atoms with E-state index in [0.29, 0.717) is 10.0 Å². The van der Waals surface area contributed by atoms with Crippen LogP contribution in [0.15, 0.2) is 0 Å². The first-order chi connectivity index (χ1) is 7.29. The number of aromatic nitrogens is 1. The second kappa shape index (κ2) is 4.82. The van der Waals surface area contributed by atoms with E-state index in [2.05, 4.69) is 10.3 Å². The van der Waals surface area contributed by atoms with Gasteiger partial charge in [-0.25, -0.2) is 4.98 Å². The quantitative estimate of drug-likeness (QED) is 0.884. The van der Waals surface area contributed by atoms with Crippen molar-refractivity contribution in [3.05, 3.63) is 10.0 Å². The molecule has 15 heavy (non-hydrogen) atoms. The number of halogens is 1. The van der Waals surface area contributed by atoms with Crippen LogP contribution in [0.5, 0.6) is 0 Å². The Hall–Kier alpha value is -0.790. The Balaban J connectivity index is 1.90. The summed E-state index contributed by atoms with van der Waals surface area (Å²) in [6, 6.07) is 2.03. The molecule has 0 bridgehead atoms. The van der Waals surface area contributed by atoms with E-state index in [1.54, 1.807) is 0 Å². The van der Waals surface area contributed by atoms with Gasteiger partial charge < -0.3 is 5.32 Å². The molecule has 1 saturated carbocycles. The molecule has 1 aliphatic carbocycles. The number of nitrogens with one attached hydrogen (secondary N) is 1. The number of anilines is 1. The summed E-state index contributed by atoms with van der Waals surface area (Å²) in [5.41, 5.74) is 0. The van der Waals surface area contributed by atoms with Crippen molar-refractivity contribution in [2.75, 3.05) is 11.9 Å². The molecule has 0 atom stereocenters. The molecular weight excluding hydrogens is 230 g/mol. The first-order valence-corrected chi connectivity index (χ1v) is 6.29. The van der Waals surface area contributed by atoms with Crippen LogP contribution in [0, 0.1) is 17.2 Å². The van der Waals surface area contributed by atoms with E-state index in [0.717, 1.165) is 17.6 Å². The molecular formula is C10H12ClN3S. The number of thiazole rings is 1. The first kappa shape index (κ1) is 10.7.